The van der Waals surface area contributed by atoms with Crippen LogP contribution in [0.1, 0.15) is 48.7 Å². The Morgan fingerprint density at radius 3 is 2.77 bits per heavy atom. The van der Waals surface area contributed by atoms with Crippen LogP contribution in [0.15, 0.2) is 30.3 Å². The van der Waals surface area contributed by atoms with Crippen LogP contribution in [0.4, 0.5) is 0 Å². The number of aromatic nitrogens is 1. The van der Waals surface area contributed by atoms with E-state index in [0.717, 1.165) is 29.4 Å². The molecule has 1 amide bonds. The van der Waals surface area contributed by atoms with Crippen molar-refractivity contribution in [1.82, 2.24) is 9.88 Å². The van der Waals surface area contributed by atoms with Gasteiger partial charge in [-0.2, -0.15) is 5.26 Å². The van der Waals surface area contributed by atoms with E-state index in [1.807, 2.05) is 30.3 Å². The Morgan fingerprint density at radius 2 is 2.14 bits per heavy atom. The highest BCUT2D eigenvalue weighted by Gasteiger charge is 2.33. The standard InChI is InChI=1S/C18H19N3O/c1-12(2)17-11-15(14-5-3-4-6-16(14)20-17)18(22)21(10-9-19)13-7-8-13/h3-6,11-13H,7-8,10H2,1-2H3. The van der Waals surface area contributed by atoms with Crippen LogP contribution in [0.5, 0.6) is 0 Å². The topological polar surface area (TPSA) is 57.0 Å². The van der Waals surface area contributed by atoms with Gasteiger partial charge in [-0.3, -0.25) is 9.78 Å². The summed E-state index contributed by atoms with van der Waals surface area (Å²) >= 11 is 0. The van der Waals surface area contributed by atoms with Crippen LogP contribution in [-0.4, -0.2) is 28.4 Å². The molecule has 1 fully saturated rings. The number of para-hydroxylation sites is 1. The molecule has 0 aliphatic heterocycles. The molecule has 4 heteroatoms. The van der Waals surface area contributed by atoms with Gasteiger partial charge in [-0.05, 0) is 30.9 Å². The van der Waals surface area contributed by atoms with Crippen molar-refractivity contribution in [1.29, 1.82) is 5.26 Å². The fourth-order valence-corrected chi connectivity index (χ4v) is 2.65. The molecule has 0 spiro atoms. The van der Waals surface area contributed by atoms with Crippen molar-refractivity contribution in [3.63, 3.8) is 0 Å². The van der Waals surface area contributed by atoms with Gasteiger partial charge in [0.25, 0.3) is 5.91 Å². The first-order chi connectivity index (χ1) is 10.6. The molecule has 0 bridgehead atoms. The third kappa shape index (κ3) is 2.67. The smallest absolute Gasteiger partial charge is 0.255 e. The lowest BCUT2D eigenvalue weighted by molar-refractivity contribution is 0.0766. The minimum Gasteiger partial charge on any atom is -0.322 e. The second-order valence-corrected chi connectivity index (χ2v) is 6.09. The molecule has 4 nitrogen and oxygen atoms in total. The number of hydrogen-bond acceptors (Lipinski definition) is 3. The van der Waals surface area contributed by atoms with E-state index in [9.17, 15) is 4.79 Å². The van der Waals surface area contributed by atoms with Crippen molar-refractivity contribution in [2.45, 2.75) is 38.6 Å². The Balaban J connectivity index is 2.11. The van der Waals surface area contributed by atoms with Crippen LogP contribution < -0.4 is 0 Å². The Morgan fingerprint density at radius 1 is 1.41 bits per heavy atom. The quantitative estimate of drug-likeness (QED) is 0.811. The molecule has 0 N–H and O–H groups in total. The van der Waals surface area contributed by atoms with Gasteiger partial charge in [0.15, 0.2) is 0 Å². The number of nitrogens with zero attached hydrogens (tertiary/aromatic N) is 3. The van der Waals surface area contributed by atoms with Gasteiger partial charge in [0, 0.05) is 17.1 Å². The third-order valence-electron chi connectivity index (χ3n) is 4.05. The van der Waals surface area contributed by atoms with Crippen LogP contribution in [0.25, 0.3) is 10.9 Å². The summed E-state index contributed by atoms with van der Waals surface area (Å²) in [7, 11) is 0. The molecule has 112 valence electrons. The lowest BCUT2D eigenvalue weighted by atomic mass is 10.0. The normalized spacial score (nSPS) is 14.1. The average Bonchev–Trinajstić information content (AvgIpc) is 3.35. The molecule has 1 aromatic carbocycles. The first-order valence-electron chi connectivity index (χ1n) is 7.69. The Bertz CT molecular complexity index is 757. The minimum absolute atomic E-state index is 0.0513. The zero-order valence-electron chi connectivity index (χ0n) is 12.9. The zero-order valence-corrected chi connectivity index (χ0v) is 12.9. The summed E-state index contributed by atoms with van der Waals surface area (Å²) in [6.45, 7) is 4.29. The number of hydrogen-bond donors (Lipinski definition) is 0. The van der Waals surface area contributed by atoms with E-state index < -0.39 is 0 Å². The number of benzene rings is 1. The molecule has 22 heavy (non-hydrogen) atoms. The van der Waals surface area contributed by atoms with Gasteiger partial charge in [-0.15, -0.1) is 0 Å². The Labute approximate surface area is 130 Å². The highest BCUT2D eigenvalue weighted by atomic mass is 16.2. The van der Waals surface area contributed by atoms with E-state index in [-0.39, 0.29) is 24.4 Å². The number of carbonyl (C=O) groups is 1. The van der Waals surface area contributed by atoms with Crippen LogP contribution in [0.2, 0.25) is 0 Å². The lowest BCUT2D eigenvalue weighted by Crippen LogP contribution is -2.33. The number of nitriles is 1. The van der Waals surface area contributed by atoms with Gasteiger partial charge in [0.2, 0.25) is 0 Å². The highest BCUT2D eigenvalue weighted by Crippen LogP contribution is 2.30. The summed E-state index contributed by atoms with van der Waals surface area (Å²) in [4.78, 5) is 19.3. The van der Waals surface area contributed by atoms with Gasteiger partial charge in [-0.25, -0.2) is 0 Å². The Hall–Kier alpha value is -2.41. The van der Waals surface area contributed by atoms with Crippen LogP contribution >= 0.6 is 0 Å². The molecule has 0 atom stereocenters. The first-order valence-corrected chi connectivity index (χ1v) is 7.69. The van der Waals surface area contributed by atoms with Crippen molar-refractivity contribution in [3.8, 4) is 6.07 Å². The molecule has 1 aliphatic carbocycles. The van der Waals surface area contributed by atoms with E-state index in [1.54, 1.807) is 4.90 Å². The summed E-state index contributed by atoms with van der Waals surface area (Å²) in [5, 5.41) is 9.87. The fourth-order valence-electron chi connectivity index (χ4n) is 2.65. The fraction of sp³-hybridized carbons (Fsp3) is 0.389. The summed E-state index contributed by atoms with van der Waals surface area (Å²) in [5.74, 6) is 0.200. The SMILES string of the molecule is CC(C)c1cc(C(=O)N(CC#N)C2CC2)c2ccccc2n1. The number of carbonyl (C=O) groups excluding carboxylic acids is 1. The van der Waals surface area contributed by atoms with Crippen molar-refractivity contribution < 1.29 is 4.79 Å². The number of fused-ring (bicyclic) bond motifs is 1. The van der Waals surface area contributed by atoms with Crippen molar-refractivity contribution in [2.75, 3.05) is 6.54 Å². The molecular formula is C18H19N3O. The minimum atomic E-state index is -0.0513. The van der Waals surface area contributed by atoms with Gasteiger partial charge in [-0.1, -0.05) is 32.0 Å². The van der Waals surface area contributed by atoms with Crippen LogP contribution in [-0.2, 0) is 0 Å². The average molecular weight is 293 g/mol. The molecular weight excluding hydrogens is 274 g/mol. The highest BCUT2D eigenvalue weighted by molar-refractivity contribution is 6.06. The number of amides is 1. The predicted octanol–water partition coefficient (Wildman–Crippen LogP) is 3.49. The van der Waals surface area contributed by atoms with E-state index >= 15 is 0 Å². The molecule has 0 unspecified atom stereocenters. The van der Waals surface area contributed by atoms with Crippen LogP contribution in [0.3, 0.4) is 0 Å². The second kappa shape index (κ2) is 5.76. The first kappa shape index (κ1) is 14.5. The molecule has 1 aliphatic rings. The largest absolute Gasteiger partial charge is 0.322 e. The summed E-state index contributed by atoms with van der Waals surface area (Å²) in [6.07, 6.45) is 1.99. The molecule has 1 heterocycles. The maximum atomic E-state index is 13.0. The maximum Gasteiger partial charge on any atom is 0.255 e. The molecule has 1 aromatic heterocycles. The summed E-state index contributed by atoms with van der Waals surface area (Å²) in [5.41, 5.74) is 2.41. The second-order valence-electron chi connectivity index (χ2n) is 6.09. The van der Waals surface area contributed by atoms with Crippen molar-refractivity contribution in [3.05, 3.63) is 41.6 Å². The van der Waals surface area contributed by atoms with Gasteiger partial charge in [0.05, 0.1) is 17.1 Å². The zero-order chi connectivity index (χ0) is 15.7. The molecule has 0 saturated heterocycles. The third-order valence-corrected chi connectivity index (χ3v) is 4.05. The van der Waals surface area contributed by atoms with Gasteiger partial charge >= 0.3 is 0 Å². The maximum absolute atomic E-state index is 13.0. The van der Waals surface area contributed by atoms with E-state index in [0.29, 0.717) is 5.56 Å². The summed E-state index contributed by atoms with van der Waals surface area (Å²) in [6, 6.07) is 11.9. The predicted molar refractivity (Wildman–Crippen MR) is 85.5 cm³/mol. The molecule has 0 radical (unpaired) electrons. The lowest BCUT2D eigenvalue weighted by Gasteiger charge is -2.20. The Kier molecular flexibility index (Phi) is 3.81. The van der Waals surface area contributed by atoms with Crippen molar-refractivity contribution >= 4 is 16.8 Å². The summed E-state index contributed by atoms with van der Waals surface area (Å²) < 4.78 is 0. The monoisotopic (exact) mass is 293 g/mol. The molecule has 1 saturated carbocycles. The number of pyridine rings is 1. The molecule has 2 aromatic rings. The number of rotatable bonds is 4. The van der Waals surface area contributed by atoms with Gasteiger partial charge in [0.1, 0.15) is 6.54 Å². The van der Waals surface area contributed by atoms with E-state index in [2.05, 4.69) is 24.9 Å². The van der Waals surface area contributed by atoms with E-state index in [1.165, 1.54) is 0 Å². The van der Waals surface area contributed by atoms with E-state index in [4.69, 9.17) is 5.26 Å². The van der Waals surface area contributed by atoms with Crippen molar-refractivity contribution in [2.24, 2.45) is 0 Å². The van der Waals surface area contributed by atoms with Crippen LogP contribution in [0, 0.1) is 11.3 Å². The van der Waals surface area contributed by atoms with Gasteiger partial charge < -0.3 is 4.90 Å². The molecule has 3 rings (SSSR count).